The van der Waals surface area contributed by atoms with Crippen molar-refractivity contribution in [2.45, 2.75) is 13.3 Å². The average molecular weight is 248 g/mol. The summed E-state index contributed by atoms with van der Waals surface area (Å²) in [5, 5.41) is 11.7. The molecule has 0 spiro atoms. The minimum atomic E-state index is 0.0476. The highest BCUT2D eigenvalue weighted by Crippen LogP contribution is 2.32. The van der Waals surface area contributed by atoms with E-state index in [9.17, 15) is 4.79 Å². The molecule has 2 aromatic rings. The van der Waals surface area contributed by atoms with E-state index in [1.807, 2.05) is 37.3 Å². The molecule has 1 amide bonds. The molecule has 92 valence electrons. The van der Waals surface area contributed by atoms with Gasteiger partial charge in [-0.15, -0.1) is 0 Å². The number of rotatable bonds is 1. The van der Waals surface area contributed by atoms with Crippen LogP contribution in [0.25, 0.3) is 11.1 Å². The first-order chi connectivity index (χ1) is 9.17. The van der Waals surface area contributed by atoms with Crippen molar-refractivity contribution in [3.63, 3.8) is 0 Å². The Hall–Kier alpha value is -2.60. The number of anilines is 1. The molecule has 0 bridgehead atoms. The largest absolute Gasteiger partial charge is 0.326 e. The second kappa shape index (κ2) is 4.25. The maximum absolute atomic E-state index is 11.4. The van der Waals surface area contributed by atoms with Gasteiger partial charge in [-0.25, -0.2) is 0 Å². The quantitative estimate of drug-likeness (QED) is 0.843. The molecular weight excluding hydrogens is 236 g/mol. The second-order valence-corrected chi connectivity index (χ2v) is 4.74. The lowest BCUT2D eigenvalue weighted by molar-refractivity contribution is -0.115. The minimum absolute atomic E-state index is 0.0476. The number of amides is 1. The van der Waals surface area contributed by atoms with Crippen molar-refractivity contribution in [3.05, 3.63) is 53.1 Å². The fraction of sp³-hybridized carbons (Fsp3) is 0.125. The van der Waals surface area contributed by atoms with Crippen LogP contribution in [0.4, 0.5) is 5.69 Å². The molecule has 1 aliphatic rings. The number of nitrogens with one attached hydrogen (secondary N) is 1. The Balaban J connectivity index is 2.08. The lowest BCUT2D eigenvalue weighted by Crippen LogP contribution is -2.03. The van der Waals surface area contributed by atoms with Crippen LogP contribution < -0.4 is 5.32 Å². The Morgan fingerprint density at radius 3 is 2.63 bits per heavy atom. The second-order valence-electron chi connectivity index (χ2n) is 4.74. The Morgan fingerprint density at radius 2 is 1.95 bits per heavy atom. The van der Waals surface area contributed by atoms with E-state index in [4.69, 9.17) is 5.26 Å². The smallest absolute Gasteiger partial charge is 0.228 e. The third kappa shape index (κ3) is 1.98. The zero-order valence-corrected chi connectivity index (χ0v) is 10.5. The number of benzene rings is 2. The molecule has 0 saturated carbocycles. The van der Waals surface area contributed by atoms with Crippen LogP contribution in [0.1, 0.15) is 16.7 Å². The Bertz CT molecular complexity index is 709. The first-order valence-corrected chi connectivity index (χ1v) is 6.11. The van der Waals surface area contributed by atoms with E-state index in [0.717, 1.165) is 27.9 Å². The topological polar surface area (TPSA) is 52.9 Å². The maximum atomic E-state index is 11.4. The number of hydrogen-bond donors (Lipinski definition) is 1. The molecule has 0 aliphatic carbocycles. The zero-order chi connectivity index (χ0) is 13.4. The van der Waals surface area contributed by atoms with Gasteiger partial charge in [-0.2, -0.15) is 5.26 Å². The van der Waals surface area contributed by atoms with Gasteiger partial charge in [-0.3, -0.25) is 4.79 Å². The maximum Gasteiger partial charge on any atom is 0.228 e. The molecule has 1 heterocycles. The Labute approximate surface area is 111 Å². The lowest BCUT2D eigenvalue weighted by atomic mass is 9.96. The molecule has 0 saturated heterocycles. The predicted molar refractivity (Wildman–Crippen MR) is 73.7 cm³/mol. The fourth-order valence-electron chi connectivity index (χ4n) is 2.42. The average Bonchev–Trinajstić information content (AvgIpc) is 2.77. The number of hydrogen-bond acceptors (Lipinski definition) is 2. The SMILES string of the molecule is Cc1cc2c(cc1-c1ccc(C#N)cc1)CC(=O)N2. The first kappa shape index (κ1) is 11.5. The van der Waals surface area contributed by atoms with Crippen molar-refractivity contribution in [2.75, 3.05) is 5.32 Å². The van der Waals surface area contributed by atoms with Crippen molar-refractivity contribution in [1.82, 2.24) is 0 Å². The van der Waals surface area contributed by atoms with Gasteiger partial charge in [0.2, 0.25) is 5.91 Å². The van der Waals surface area contributed by atoms with Gasteiger partial charge in [0.25, 0.3) is 0 Å². The van der Waals surface area contributed by atoms with Crippen LogP contribution in [-0.2, 0) is 11.2 Å². The van der Waals surface area contributed by atoms with Crippen LogP contribution in [0.5, 0.6) is 0 Å². The van der Waals surface area contributed by atoms with E-state index in [-0.39, 0.29) is 5.91 Å². The highest BCUT2D eigenvalue weighted by molar-refractivity contribution is 6.00. The van der Waals surface area contributed by atoms with Gasteiger partial charge in [-0.05, 0) is 53.4 Å². The molecule has 3 nitrogen and oxygen atoms in total. The molecule has 3 rings (SSSR count). The summed E-state index contributed by atoms with van der Waals surface area (Å²) in [5.74, 6) is 0.0476. The molecule has 1 N–H and O–H groups in total. The van der Waals surface area contributed by atoms with Crippen LogP contribution in [0.15, 0.2) is 36.4 Å². The highest BCUT2D eigenvalue weighted by atomic mass is 16.1. The molecule has 19 heavy (non-hydrogen) atoms. The summed E-state index contributed by atoms with van der Waals surface area (Å²) in [6.07, 6.45) is 0.443. The van der Waals surface area contributed by atoms with Gasteiger partial charge in [0, 0.05) is 5.69 Å². The van der Waals surface area contributed by atoms with E-state index in [0.29, 0.717) is 12.0 Å². The van der Waals surface area contributed by atoms with Crippen LogP contribution >= 0.6 is 0 Å². The van der Waals surface area contributed by atoms with Crippen LogP contribution in [0.3, 0.4) is 0 Å². The number of nitriles is 1. The monoisotopic (exact) mass is 248 g/mol. The third-order valence-corrected chi connectivity index (χ3v) is 3.40. The van der Waals surface area contributed by atoms with Crippen LogP contribution in [-0.4, -0.2) is 5.91 Å². The normalized spacial score (nSPS) is 12.7. The van der Waals surface area contributed by atoms with Gasteiger partial charge in [0.05, 0.1) is 18.1 Å². The fourth-order valence-corrected chi connectivity index (χ4v) is 2.42. The predicted octanol–water partition coefficient (Wildman–Crippen LogP) is 3.03. The van der Waals surface area contributed by atoms with E-state index >= 15 is 0 Å². The molecule has 0 radical (unpaired) electrons. The van der Waals surface area contributed by atoms with Crippen molar-refractivity contribution in [3.8, 4) is 17.2 Å². The van der Waals surface area contributed by atoms with Crippen molar-refractivity contribution >= 4 is 11.6 Å². The summed E-state index contributed by atoms with van der Waals surface area (Å²) in [7, 11) is 0. The minimum Gasteiger partial charge on any atom is -0.326 e. The van der Waals surface area contributed by atoms with E-state index in [1.54, 1.807) is 0 Å². The summed E-state index contributed by atoms with van der Waals surface area (Å²) in [5.41, 5.74) is 5.90. The van der Waals surface area contributed by atoms with E-state index in [1.165, 1.54) is 0 Å². The molecule has 3 heteroatoms. The first-order valence-electron chi connectivity index (χ1n) is 6.11. The number of carbonyl (C=O) groups excluding carboxylic acids is 1. The van der Waals surface area contributed by atoms with E-state index in [2.05, 4.69) is 17.5 Å². The van der Waals surface area contributed by atoms with Crippen LogP contribution in [0, 0.1) is 18.3 Å². The molecule has 2 aromatic carbocycles. The molecule has 0 aromatic heterocycles. The van der Waals surface area contributed by atoms with Crippen molar-refractivity contribution in [1.29, 1.82) is 5.26 Å². The standard InChI is InChI=1S/C16H12N2O/c1-10-6-15-13(8-16(19)18-15)7-14(10)12-4-2-11(9-17)3-5-12/h2-7H,8H2,1H3,(H,18,19). The Morgan fingerprint density at radius 1 is 1.21 bits per heavy atom. The number of nitrogens with zero attached hydrogens (tertiary/aromatic N) is 1. The molecular formula is C16H12N2O. The summed E-state index contributed by atoms with van der Waals surface area (Å²) < 4.78 is 0. The zero-order valence-electron chi connectivity index (χ0n) is 10.5. The van der Waals surface area contributed by atoms with Gasteiger partial charge < -0.3 is 5.32 Å². The van der Waals surface area contributed by atoms with Gasteiger partial charge in [-0.1, -0.05) is 12.1 Å². The molecule has 1 aliphatic heterocycles. The molecule has 0 unspecified atom stereocenters. The van der Waals surface area contributed by atoms with Crippen LogP contribution in [0.2, 0.25) is 0 Å². The van der Waals surface area contributed by atoms with Gasteiger partial charge in [0.15, 0.2) is 0 Å². The summed E-state index contributed by atoms with van der Waals surface area (Å²) in [4.78, 5) is 11.4. The lowest BCUT2D eigenvalue weighted by Gasteiger charge is -2.09. The summed E-state index contributed by atoms with van der Waals surface area (Å²) in [6.45, 7) is 2.03. The molecule has 0 atom stereocenters. The van der Waals surface area contributed by atoms with Crippen molar-refractivity contribution in [2.24, 2.45) is 0 Å². The summed E-state index contributed by atoms with van der Waals surface area (Å²) >= 11 is 0. The summed E-state index contributed by atoms with van der Waals surface area (Å²) in [6, 6.07) is 13.7. The van der Waals surface area contributed by atoms with Gasteiger partial charge in [0.1, 0.15) is 0 Å². The number of aryl methyl sites for hydroxylation is 1. The number of carbonyl (C=O) groups is 1. The molecule has 0 fully saturated rings. The van der Waals surface area contributed by atoms with Gasteiger partial charge >= 0.3 is 0 Å². The highest BCUT2D eigenvalue weighted by Gasteiger charge is 2.19. The van der Waals surface area contributed by atoms with Crippen molar-refractivity contribution < 1.29 is 4.79 Å². The Kier molecular flexibility index (Phi) is 2.57. The third-order valence-electron chi connectivity index (χ3n) is 3.40. The number of fused-ring (bicyclic) bond motifs is 1. The van der Waals surface area contributed by atoms with E-state index < -0.39 is 0 Å².